The Morgan fingerprint density at radius 3 is 2.23 bits per heavy atom. The van der Waals surface area contributed by atoms with Crippen molar-refractivity contribution in [1.29, 1.82) is 0 Å². The van der Waals surface area contributed by atoms with E-state index in [1.807, 2.05) is 43.3 Å². The normalized spacial score (nSPS) is 10.2. The van der Waals surface area contributed by atoms with E-state index in [-0.39, 0.29) is 11.8 Å². The third-order valence-corrected chi connectivity index (χ3v) is 4.74. The topological polar surface area (TPSA) is 58.2 Å². The van der Waals surface area contributed by atoms with E-state index in [4.69, 9.17) is 0 Å². The van der Waals surface area contributed by atoms with Crippen LogP contribution in [0.25, 0.3) is 0 Å². The number of benzene rings is 3. The van der Waals surface area contributed by atoms with Crippen molar-refractivity contribution in [2.75, 3.05) is 10.6 Å². The van der Waals surface area contributed by atoms with Gasteiger partial charge in [-0.25, -0.2) is 0 Å². The van der Waals surface area contributed by atoms with Crippen LogP contribution in [0.4, 0.5) is 11.4 Å². The number of aryl methyl sites for hydroxylation is 1. The molecule has 0 saturated carbocycles. The minimum absolute atomic E-state index is 0.273. The van der Waals surface area contributed by atoms with Gasteiger partial charge in [0.15, 0.2) is 0 Å². The summed E-state index contributed by atoms with van der Waals surface area (Å²) in [4.78, 5) is 25.1. The molecule has 0 heterocycles. The van der Waals surface area contributed by atoms with Gasteiger partial charge in [0.25, 0.3) is 11.8 Å². The smallest absolute Gasteiger partial charge is 0.257 e. The summed E-state index contributed by atoms with van der Waals surface area (Å²) in [7, 11) is 0. The van der Waals surface area contributed by atoms with E-state index in [1.165, 1.54) is 0 Å². The van der Waals surface area contributed by atoms with Crippen molar-refractivity contribution in [2.45, 2.75) is 6.92 Å². The van der Waals surface area contributed by atoms with Crippen molar-refractivity contribution >= 4 is 39.1 Å². The molecule has 26 heavy (non-hydrogen) atoms. The highest BCUT2D eigenvalue weighted by Gasteiger charge is 2.14. The summed E-state index contributed by atoms with van der Waals surface area (Å²) in [5.74, 6) is -0.553. The minimum atomic E-state index is -0.280. The van der Waals surface area contributed by atoms with Crippen LogP contribution in [-0.2, 0) is 0 Å². The van der Waals surface area contributed by atoms with Crippen molar-refractivity contribution in [2.24, 2.45) is 0 Å². The number of para-hydroxylation sites is 2. The molecule has 2 N–H and O–H groups in total. The Morgan fingerprint density at radius 1 is 0.808 bits per heavy atom. The van der Waals surface area contributed by atoms with Gasteiger partial charge in [0, 0.05) is 15.7 Å². The van der Waals surface area contributed by atoms with E-state index in [1.54, 1.807) is 36.4 Å². The lowest BCUT2D eigenvalue weighted by Gasteiger charge is -2.12. The highest BCUT2D eigenvalue weighted by Crippen LogP contribution is 2.21. The van der Waals surface area contributed by atoms with Crippen LogP contribution in [0.15, 0.2) is 77.3 Å². The lowest BCUT2D eigenvalue weighted by Crippen LogP contribution is -2.18. The highest BCUT2D eigenvalue weighted by atomic mass is 79.9. The highest BCUT2D eigenvalue weighted by molar-refractivity contribution is 9.10. The van der Waals surface area contributed by atoms with Crippen molar-refractivity contribution in [3.8, 4) is 0 Å². The number of hydrogen-bond donors (Lipinski definition) is 2. The van der Waals surface area contributed by atoms with E-state index in [0.717, 1.165) is 10.0 Å². The van der Waals surface area contributed by atoms with Crippen LogP contribution in [0, 0.1) is 6.92 Å². The van der Waals surface area contributed by atoms with Crippen molar-refractivity contribution < 1.29 is 9.59 Å². The lowest BCUT2D eigenvalue weighted by molar-refractivity contribution is 0.102. The van der Waals surface area contributed by atoms with E-state index < -0.39 is 0 Å². The second kappa shape index (κ2) is 7.97. The summed E-state index contributed by atoms with van der Waals surface area (Å²) >= 11 is 3.43. The van der Waals surface area contributed by atoms with Gasteiger partial charge in [0.1, 0.15) is 0 Å². The summed E-state index contributed by atoms with van der Waals surface area (Å²) in [5.41, 5.74) is 3.12. The average Bonchev–Trinajstić information content (AvgIpc) is 2.65. The molecule has 0 radical (unpaired) electrons. The quantitative estimate of drug-likeness (QED) is 0.618. The fraction of sp³-hybridized carbons (Fsp3) is 0.0476. The van der Waals surface area contributed by atoms with Crippen LogP contribution in [0.1, 0.15) is 26.3 Å². The fourth-order valence-corrected chi connectivity index (χ4v) is 2.82. The molecule has 0 aromatic heterocycles. The summed E-state index contributed by atoms with van der Waals surface area (Å²) in [5, 5.41) is 5.65. The van der Waals surface area contributed by atoms with Gasteiger partial charge in [-0.05, 0) is 48.9 Å². The number of amides is 2. The molecule has 0 aliphatic heterocycles. The number of hydrogen-bond acceptors (Lipinski definition) is 2. The van der Waals surface area contributed by atoms with Gasteiger partial charge in [0.05, 0.1) is 11.3 Å². The molecule has 0 aliphatic carbocycles. The van der Waals surface area contributed by atoms with Crippen molar-refractivity contribution in [3.05, 3.63) is 94.0 Å². The Kier molecular flexibility index (Phi) is 5.49. The molecule has 0 aliphatic rings. The zero-order valence-electron chi connectivity index (χ0n) is 14.1. The number of carbonyl (C=O) groups excluding carboxylic acids is 2. The molecular formula is C21H17BrN2O2. The molecule has 0 spiro atoms. The summed E-state index contributed by atoms with van der Waals surface area (Å²) in [6, 6.07) is 21.5. The molecule has 0 atom stereocenters. The summed E-state index contributed by atoms with van der Waals surface area (Å²) in [6.45, 7) is 1.95. The second-order valence-electron chi connectivity index (χ2n) is 5.78. The molecule has 4 nitrogen and oxygen atoms in total. The number of halogens is 1. The maximum Gasteiger partial charge on any atom is 0.257 e. The first-order valence-electron chi connectivity index (χ1n) is 8.07. The van der Waals surface area contributed by atoms with Gasteiger partial charge < -0.3 is 10.6 Å². The standard InChI is InChI=1S/C21H17BrN2O2/c1-14-11-12-15(13-18(14)22)20(25)24-19-10-6-5-9-17(19)21(26)23-16-7-3-2-4-8-16/h2-13H,1H3,(H,23,26)(H,24,25). The number of carbonyl (C=O) groups is 2. The molecule has 0 bridgehead atoms. The largest absolute Gasteiger partial charge is 0.322 e. The van der Waals surface area contributed by atoms with Crippen molar-refractivity contribution in [1.82, 2.24) is 0 Å². The number of nitrogens with one attached hydrogen (secondary N) is 2. The maximum atomic E-state index is 12.6. The monoisotopic (exact) mass is 408 g/mol. The van der Waals surface area contributed by atoms with Crippen molar-refractivity contribution in [3.63, 3.8) is 0 Å². The Morgan fingerprint density at radius 2 is 1.50 bits per heavy atom. The molecule has 0 fully saturated rings. The van der Waals surface area contributed by atoms with E-state index >= 15 is 0 Å². The van der Waals surface area contributed by atoms with Crippen LogP contribution in [-0.4, -0.2) is 11.8 Å². The average molecular weight is 409 g/mol. The minimum Gasteiger partial charge on any atom is -0.322 e. The van der Waals surface area contributed by atoms with Gasteiger partial charge in [0.2, 0.25) is 0 Å². The summed E-state index contributed by atoms with van der Waals surface area (Å²) in [6.07, 6.45) is 0. The Balaban J connectivity index is 1.81. The molecule has 3 aromatic carbocycles. The number of rotatable bonds is 4. The third kappa shape index (κ3) is 4.18. The molecule has 5 heteroatoms. The van der Waals surface area contributed by atoms with Gasteiger partial charge in [-0.15, -0.1) is 0 Å². The Bertz CT molecular complexity index is 955. The molecule has 3 aromatic rings. The van der Waals surface area contributed by atoms with Crippen LogP contribution in [0.3, 0.4) is 0 Å². The van der Waals surface area contributed by atoms with E-state index in [2.05, 4.69) is 26.6 Å². The molecule has 2 amide bonds. The molecule has 130 valence electrons. The van der Waals surface area contributed by atoms with Gasteiger partial charge in [-0.2, -0.15) is 0 Å². The first kappa shape index (κ1) is 17.9. The van der Waals surface area contributed by atoms with E-state index in [9.17, 15) is 9.59 Å². The zero-order valence-corrected chi connectivity index (χ0v) is 15.7. The van der Waals surface area contributed by atoms with Crippen LogP contribution < -0.4 is 10.6 Å². The summed E-state index contributed by atoms with van der Waals surface area (Å²) < 4.78 is 0.861. The first-order valence-corrected chi connectivity index (χ1v) is 8.87. The van der Waals surface area contributed by atoms with Crippen LogP contribution in [0.5, 0.6) is 0 Å². The molecule has 3 rings (SSSR count). The Hall–Kier alpha value is -2.92. The predicted octanol–water partition coefficient (Wildman–Crippen LogP) is 5.26. The SMILES string of the molecule is Cc1ccc(C(=O)Nc2ccccc2C(=O)Nc2ccccc2)cc1Br. The van der Waals surface area contributed by atoms with Gasteiger partial charge >= 0.3 is 0 Å². The van der Waals surface area contributed by atoms with Gasteiger partial charge in [-0.3, -0.25) is 9.59 Å². The van der Waals surface area contributed by atoms with E-state index in [0.29, 0.717) is 22.5 Å². The second-order valence-corrected chi connectivity index (χ2v) is 6.64. The molecule has 0 unspecified atom stereocenters. The van der Waals surface area contributed by atoms with Crippen LogP contribution >= 0.6 is 15.9 Å². The molecular weight excluding hydrogens is 392 g/mol. The lowest BCUT2D eigenvalue weighted by atomic mass is 10.1. The maximum absolute atomic E-state index is 12.6. The first-order chi connectivity index (χ1) is 12.5. The Labute approximate surface area is 160 Å². The fourth-order valence-electron chi connectivity index (χ4n) is 2.44. The van der Waals surface area contributed by atoms with Gasteiger partial charge in [-0.1, -0.05) is 52.3 Å². The molecule has 0 saturated heterocycles. The number of anilines is 2. The predicted molar refractivity (Wildman–Crippen MR) is 108 cm³/mol. The zero-order chi connectivity index (χ0) is 18.5. The third-order valence-electron chi connectivity index (χ3n) is 3.89. The van der Waals surface area contributed by atoms with Crippen LogP contribution in [0.2, 0.25) is 0 Å².